The molecular formula is C22H28FN7O. The average molecular weight is 426 g/mol. The molecule has 1 amide bonds. The summed E-state index contributed by atoms with van der Waals surface area (Å²) in [7, 11) is 0. The maximum Gasteiger partial charge on any atom is 0.270 e. The molecule has 1 unspecified atom stereocenters. The van der Waals surface area contributed by atoms with Crippen molar-refractivity contribution in [1.29, 1.82) is 5.26 Å². The number of aromatic amines is 1. The zero-order valence-electron chi connectivity index (χ0n) is 17.5. The largest absolute Gasteiger partial charge is 0.357 e. The highest BCUT2D eigenvalue weighted by Crippen LogP contribution is 2.23. The lowest BCUT2D eigenvalue weighted by Crippen LogP contribution is -2.31. The summed E-state index contributed by atoms with van der Waals surface area (Å²) in [5.41, 5.74) is 0.880. The van der Waals surface area contributed by atoms with Gasteiger partial charge >= 0.3 is 0 Å². The number of aliphatic imine (C=N–C) groups is 1. The van der Waals surface area contributed by atoms with Gasteiger partial charge in [-0.2, -0.15) is 5.26 Å². The molecule has 3 rings (SSSR count). The van der Waals surface area contributed by atoms with Crippen LogP contribution in [0.25, 0.3) is 0 Å². The van der Waals surface area contributed by atoms with Gasteiger partial charge in [-0.25, -0.2) is 4.39 Å². The van der Waals surface area contributed by atoms with Crippen LogP contribution < -0.4 is 10.6 Å². The summed E-state index contributed by atoms with van der Waals surface area (Å²) < 4.78 is 13.7. The highest BCUT2D eigenvalue weighted by atomic mass is 19.1. The van der Waals surface area contributed by atoms with Gasteiger partial charge < -0.3 is 20.5 Å². The molecule has 0 spiro atoms. The number of nitriles is 1. The van der Waals surface area contributed by atoms with Crippen LogP contribution in [0.2, 0.25) is 0 Å². The second-order valence-corrected chi connectivity index (χ2v) is 7.66. The average Bonchev–Trinajstić information content (AvgIpc) is 3.47. The summed E-state index contributed by atoms with van der Waals surface area (Å²) in [4.78, 5) is 24.6. The van der Waals surface area contributed by atoms with Crippen LogP contribution in [0.1, 0.15) is 49.0 Å². The Labute approximate surface area is 181 Å². The molecule has 3 heterocycles. The molecule has 1 fully saturated rings. The molecule has 1 saturated heterocycles. The number of hydrogen-bond acceptors (Lipinski definition) is 4. The van der Waals surface area contributed by atoms with Crippen LogP contribution in [-0.4, -0.2) is 46.4 Å². The molecule has 9 heteroatoms. The van der Waals surface area contributed by atoms with E-state index in [0.29, 0.717) is 18.2 Å². The maximum atomic E-state index is 13.7. The topological polar surface area (TPSA) is 109 Å². The Balaban J connectivity index is 1.27. The summed E-state index contributed by atoms with van der Waals surface area (Å²) >= 11 is 0. The molecular weight excluding hydrogens is 397 g/mol. The van der Waals surface area contributed by atoms with E-state index in [9.17, 15) is 9.18 Å². The number of amides is 1. The lowest BCUT2D eigenvalue weighted by atomic mass is 10.00. The minimum atomic E-state index is -0.505. The minimum Gasteiger partial charge on any atom is -0.357 e. The van der Waals surface area contributed by atoms with Crippen molar-refractivity contribution in [2.45, 2.75) is 38.5 Å². The first-order chi connectivity index (χ1) is 15.2. The number of likely N-dealkylation sites (tertiary alicyclic amines) is 1. The second kappa shape index (κ2) is 11.7. The van der Waals surface area contributed by atoms with Gasteiger partial charge in [-0.3, -0.25) is 9.78 Å². The van der Waals surface area contributed by atoms with Crippen molar-refractivity contribution in [2.75, 3.05) is 25.0 Å². The highest BCUT2D eigenvalue weighted by molar-refractivity contribution is 5.94. The number of guanidine groups is 1. The third kappa shape index (κ3) is 6.81. The lowest BCUT2D eigenvalue weighted by Gasteiger charge is -2.15. The molecule has 0 aliphatic carbocycles. The Morgan fingerprint density at radius 3 is 3.00 bits per heavy atom. The molecule has 31 heavy (non-hydrogen) atoms. The molecule has 1 aliphatic rings. The molecule has 0 bridgehead atoms. The Morgan fingerprint density at radius 1 is 1.35 bits per heavy atom. The van der Waals surface area contributed by atoms with E-state index in [4.69, 9.17) is 5.26 Å². The summed E-state index contributed by atoms with van der Waals surface area (Å²) in [6.45, 7) is 2.31. The van der Waals surface area contributed by atoms with Crippen LogP contribution in [0.5, 0.6) is 0 Å². The number of anilines is 1. The first-order valence-electron chi connectivity index (χ1n) is 10.7. The molecule has 2 aromatic rings. The van der Waals surface area contributed by atoms with E-state index in [1.165, 1.54) is 12.3 Å². The van der Waals surface area contributed by atoms with Crippen molar-refractivity contribution >= 4 is 17.6 Å². The zero-order valence-corrected chi connectivity index (χ0v) is 17.5. The first-order valence-corrected chi connectivity index (χ1v) is 10.7. The summed E-state index contributed by atoms with van der Waals surface area (Å²) in [6.07, 6.45) is 12.5. The van der Waals surface area contributed by atoms with Crippen molar-refractivity contribution in [1.82, 2.24) is 20.2 Å². The number of carbonyl (C=O) groups excluding carboxylic acids is 1. The summed E-state index contributed by atoms with van der Waals surface area (Å²) in [5, 5.41) is 14.6. The van der Waals surface area contributed by atoms with E-state index in [0.717, 1.165) is 57.8 Å². The van der Waals surface area contributed by atoms with Gasteiger partial charge in [0.1, 0.15) is 5.69 Å². The van der Waals surface area contributed by atoms with Gasteiger partial charge in [0.05, 0.1) is 11.9 Å². The fourth-order valence-corrected chi connectivity index (χ4v) is 3.77. The summed E-state index contributed by atoms with van der Waals surface area (Å²) in [6, 6.07) is 5.15. The molecule has 1 atom stereocenters. The van der Waals surface area contributed by atoms with E-state index < -0.39 is 5.82 Å². The fourth-order valence-electron chi connectivity index (χ4n) is 3.77. The summed E-state index contributed by atoms with van der Waals surface area (Å²) in [5.74, 6) is 0.389. The van der Waals surface area contributed by atoms with Crippen LogP contribution in [0.15, 0.2) is 41.8 Å². The second-order valence-electron chi connectivity index (χ2n) is 7.66. The van der Waals surface area contributed by atoms with Gasteiger partial charge in [-0.1, -0.05) is 19.3 Å². The first kappa shape index (κ1) is 22.3. The Morgan fingerprint density at radius 2 is 2.23 bits per heavy atom. The van der Waals surface area contributed by atoms with Crippen LogP contribution >= 0.6 is 0 Å². The smallest absolute Gasteiger partial charge is 0.270 e. The number of hydrogen-bond donors (Lipinski definition) is 3. The molecule has 1 aliphatic heterocycles. The van der Waals surface area contributed by atoms with E-state index in [1.54, 1.807) is 12.4 Å². The molecule has 2 aromatic heterocycles. The van der Waals surface area contributed by atoms with Gasteiger partial charge in [0.2, 0.25) is 12.2 Å². The molecule has 8 nitrogen and oxygen atoms in total. The number of carbonyl (C=O) groups is 1. The van der Waals surface area contributed by atoms with Crippen molar-refractivity contribution in [3.8, 4) is 6.19 Å². The number of halogens is 1. The number of nitrogens with one attached hydrogen (secondary N) is 3. The predicted molar refractivity (Wildman–Crippen MR) is 117 cm³/mol. The van der Waals surface area contributed by atoms with E-state index >= 15 is 0 Å². The standard InChI is InChI=1S/C22H28FN7O/c23-18-14-25-12-8-19(18)29-22(28-16-24)27-10-4-2-1-3-6-17-9-13-30(15-17)21(31)20-7-5-11-26-20/h5,7-8,11-12,14,17,26H,1-4,6,9-10,13,15H2,(H2,25,27,28,29). The van der Waals surface area contributed by atoms with Crippen LogP contribution in [0, 0.1) is 23.2 Å². The number of pyridine rings is 1. The molecule has 0 aromatic carbocycles. The highest BCUT2D eigenvalue weighted by Gasteiger charge is 2.26. The Bertz CT molecular complexity index is 907. The number of H-pyrrole nitrogens is 1. The predicted octanol–water partition coefficient (Wildman–Crippen LogP) is 3.50. The Hall–Kier alpha value is -3.41. The quantitative estimate of drug-likeness (QED) is 0.247. The van der Waals surface area contributed by atoms with Gasteiger partial charge in [0, 0.05) is 32.0 Å². The molecule has 0 saturated carbocycles. The monoisotopic (exact) mass is 425 g/mol. The molecule has 3 N–H and O–H groups in total. The molecule has 0 radical (unpaired) electrons. The zero-order chi connectivity index (χ0) is 21.9. The van der Waals surface area contributed by atoms with Crippen LogP contribution in [0.4, 0.5) is 10.1 Å². The number of unbranched alkanes of at least 4 members (excludes halogenated alkanes) is 3. The van der Waals surface area contributed by atoms with E-state index in [2.05, 4.69) is 25.6 Å². The van der Waals surface area contributed by atoms with Crippen molar-refractivity contribution in [2.24, 2.45) is 10.9 Å². The Kier molecular flexibility index (Phi) is 8.40. The van der Waals surface area contributed by atoms with Crippen molar-refractivity contribution in [3.05, 3.63) is 48.3 Å². The van der Waals surface area contributed by atoms with Crippen molar-refractivity contribution in [3.63, 3.8) is 0 Å². The third-order valence-corrected chi connectivity index (χ3v) is 5.42. The van der Waals surface area contributed by atoms with Gasteiger partial charge in [0.25, 0.3) is 5.91 Å². The van der Waals surface area contributed by atoms with Gasteiger partial charge in [-0.15, -0.1) is 4.99 Å². The third-order valence-electron chi connectivity index (χ3n) is 5.42. The fraction of sp³-hybridized carbons (Fsp3) is 0.455. The SMILES string of the molecule is N#CN=C(NCCCCCCC1CCN(C(=O)c2ccc[nH]2)C1)Nc1ccncc1F. The molecule has 164 valence electrons. The minimum absolute atomic E-state index is 0.0914. The van der Waals surface area contributed by atoms with Crippen molar-refractivity contribution < 1.29 is 9.18 Å². The number of aromatic nitrogens is 2. The normalized spacial score (nSPS) is 16.2. The van der Waals surface area contributed by atoms with Gasteiger partial charge in [0.15, 0.2) is 5.82 Å². The van der Waals surface area contributed by atoms with Crippen LogP contribution in [0.3, 0.4) is 0 Å². The number of rotatable bonds is 9. The van der Waals surface area contributed by atoms with E-state index in [1.807, 2.05) is 17.0 Å². The number of nitrogens with zero attached hydrogens (tertiary/aromatic N) is 4. The van der Waals surface area contributed by atoms with Gasteiger partial charge in [-0.05, 0) is 43.4 Å². The lowest BCUT2D eigenvalue weighted by molar-refractivity contribution is 0.0781. The maximum absolute atomic E-state index is 13.7. The van der Waals surface area contributed by atoms with Crippen LogP contribution in [-0.2, 0) is 0 Å². The van der Waals surface area contributed by atoms with E-state index in [-0.39, 0.29) is 17.6 Å².